The van der Waals surface area contributed by atoms with Crippen LogP contribution in [0.25, 0.3) is 0 Å². The van der Waals surface area contributed by atoms with E-state index in [9.17, 15) is 5.11 Å². The third kappa shape index (κ3) is 5.12. The lowest BCUT2D eigenvalue weighted by molar-refractivity contribution is 0.257. The Bertz CT molecular complexity index is 787. The molecule has 0 saturated carbocycles. The number of nitrogens with zero attached hydrogens (tertiary/aromatic N) is 3. The first-order valence-electron chi connectivity index (χ1n) is 9.79. The molecule has 7 nitrogen and oxygen atoms in total. The van der Waals surface area contributed by atoms with Crippen LogP contribution >= 0.6 is 0 Å². The quantitative estimate of drug-likeness (QED) is 0.560. The van der Waals surface area contributed by atoms with Crippen molar-refractivity contribution in [2.75, 3.05) is 31.2 Å². The van der Waals surface area contributed by atoms with Crippen molar-refractivity contribution < 1.29 is 14.6 Å². The third-order valence-electron chi connectivity index (χ3n) is 5.02. The van der Waals surface area contributed by atoms with Crippen LogP contribution in [0.15, 0.2) is 30.3 Å². The lowest BCUT2D eigenvalue weighted by Crippen LogP contribution is -2.34. The van der Waals surface area contributed by atoms with Gasteiger partial charge in [-0.25, -0.2) is 0 Å². The molecule has 150 valence electrons. The predicted molar refractivity (Wildman–Crippen MR) is 108 cm³/mol. The van der Waals surface area contributed by atoms with E-state index in [1.165, 1.54) is 0 Å². The minimum Gasteiger partial charge on any atom is -0.507 e. The Labute approximate surface area is 165 Å². The molecule has 0 bridgehead atoms. The number of phenolic OH excluding ortho intramolecular Hbond substituents is 1. The van der Waals surface area contributed by atoms with Crippen molar-refractivity contribution in [2.24, 2.45) is 5.92 Å². The molecule has 2 aromatic rings. The largest absolute Gasteiger partial charge is 0.507 e. The number of aromatic nitrogens is 2. The van der Waals surface area contributed by atoms with Gasteiger partial charge in [-0.1, -0.05) is 0 Å². The summed E-state index contributed by atoms with van der Waals surface area (Å²) in [6, 6.07) is 9.00. The fourth-order valence-electron chi connectivity index (χ4n) is 3.37. The number of aryl methyl sites for hydroxylation is 1. The molecule has 3 rings (SSSR count). The number of rotatable bonds is 7. The Kier molecular flexibility index (Phi) is 6.68. The Balaban J connectivity index is 1.43. The highest BCUT2D eigenvalue weighted by Gasteiger charge is 2.20. The minimum atomic E-state index is -0.0309. The van der Waals surface area contributed by atoms with Crippen LogP contribution in [0.4, 0.5) is 5.82 Å². The molecule has 1 aromatic heterocycles. The average molecular weight is 384 g/mol. The van der Waals surface area contributed by atoms with Crippen LogP contribution in [0.5, 0.6) is 11.5 Å². The molecule has 0 unspecified atom stereocenters. The molecule has 2 N–H and O–H groups in total. The molecule has 0 amide bonds. The Morgan fingerprint density at radius 2 is 2.00 bits per heavy atom. The summed E-state index contributed by atoms with van der Waals surface area (Å²) < 4.78 is 10.9. The van der Waals surface area contributed by atoms with Crippen LogP contribution in [-0.2, 0) is 4.74 Å². The van der Waals surface area contributed by atoms with Crippen molar-refractivity contribution in [3.05, 3.63) is 41.6 Å². The number of phenols is 1. The van der Waals surface area contributed by atoms with E-state index in [-0.39, 0.29) is 11.6 Å². The van der Waals surface area contributed by atoms with Gasteiger partial charge in [-0.15, -0.1) is 5.10 Å². The highest BCUT2D eigenvalue weighted by molar-refractivity contribution is 5.94. The van der Waals surface area contributed by atoms with E-state index in [0.29, 0.717) is 30.4 Å². The normalized spacial score (nSPS) is 14.7. The maximum absolute atomic E-state index is 10.1. The highest BCUT2D eigenvalue weighted by atomic mass is 16.5. The molecule has 1 saturated heterocycles. The molecule has 1 aliphatic rings. The first-order chi connectivity index (χ1) is 13.6. The number of aromatic hydroxyl groups is 1. The number of piperidine rings is 1. The molecule has 1 aromatic carbocycles. The summed E-state index contributed by atoms with van der Waals surface area (Å²) in [7, 11) is 0. The molecule has 7 heteroatoms. The summed E-state index contributed by atoms with van der Waals surface area (Å²) in [5.41, 5.74) is 1.31. The molecular weight excluding hydrogens is 356 g/mol. The van der Waals surface area contributed by atoms with Gasteiger partial charge in [0, 0.05) is 19.2 Å². The maximum Gasteiger partial charge on any atom is 0.217 e. The van der Waals surface area contributed by atoms with Crippen molar-refractivity contribution in [1.29, 1.82) is 5.41 Å². The van der Waals surface area contributed by atoms with E-state index in [4.69, 9.17) is 14.9 Å². The molecule has 0 spiro atoms. The van der Waals surface area contributed by atoms with Gasteiger partial charge in [-0.2, -0.15) is 5.10 Å². The lowest BCUT2D eigenvalue weighted by Gasteiger charge is -2.32. The number of anilines is 1. The number of hydrogen-bond acceptors (Lipinski definition) is 7. The van der Waals surface area contributed by atoms with Gasteiger partial charge in [0.2, 0.25) is 5.90 Å². The van der Waals surface area contributed by atoms with Crippen molar-refractivity contribution in [2.45, 2.75) is 33.1 Å². The number of ether oxygens (including phenoxy) is 2. The molecule has 0 aliphatic carbocycles. The van der Waals surface area contributed by atoms with Gasteiger partial charge < -0.3 is 19.5 Å². The van der Waals surface area contributed by atoms with Crippen LogP contribution in [0.2, 0.25) is 0 Å². The van der Waals surface area contributed by atoms with Crippen LogP contribution in [0.1, 0.15) is 37.4 Å². The zero-order chi connectivity index (χ0) is 19.9. The second kappa shape index (κ2) is 9.39. The fraction of sp³-hybridized carbons (Fsp3) is 0.476. The molecule has 0 atom stereocenters. The average Bonchev–Trinajstić information content (AvgIpc) is 2.69. The van der Waals surface area contributed by atoms with Crippen molar-refractivity contribution >= 4 is 11.7 Å². The van der Waals surface area contributed by atoms with Crippen molar-refractivity contribution in [1.82, 2.24) is 10.2 Å². The molecule has 0 radical (unpaired) electrons. The first kappa shape index (κ1) is 19.9. The molecule has 1 fully saturated rings. The van der Waals surface area contributed by atoms with Crippen LogP contribution in [0, 0.1) is 18.3 Å². The smallest absolute Gasteiger partial charge is 0.217 e. The standard InChI is InChI=1S/C21H28N4O3/c1-3-27-21(22)18-6-5-17(14-19(18)26)28-13-10-16-8-11-25(12-9-16)20-7-4-15(2)23-24-20/h4-7,14,16,22,26H,3,8-13H2,1-2H3. The zero-order valence-electron chi connectivity index (χ0n) is 16.5. The zero-order valence-corrected chi connectivity index (χ0v) is 16.5. The Morgan fingerprint density at radius 1 is 1.21 bits per heavy atom. The molecule has 28 heavy (non-hydrogen) atoms. The summed E-state index contributed by atoms with van der Waals surface area (Å²) in [5.74, 6) is 2.15. The number of hydrogen-bond donors (Lipinski definition) is 2. The van der Waals surface area contributed by atoms with Crippen LogP contribution in [0.3, 0.4) is 0 Å². The van der Waals surface area contributed by atoms with Gasteiger partial charge in [0.05, 0.1) is 24.5 Å². The molecule has 1 aliphatic heterocycles. The topological polar surface area (TPSA) is 91.6 Å². The summed E-state index contributed by atoms with van der Waals surface area (Å²) in [5, 5.41) is 26.2. The second-order valence-corrected chi connectivity index (χ2v) is 7.04. The third-order valence-corrected chi connectivity index (χ3v) is 5.02. The van der Waals surface area contributed by atoms with E-state index in [2.05, 4.69) is 15.1 Å². The SMILES string of the molecule is CCOC(=N)c1ccc(OCCC2CCN(c3ccc(C)nn3)CC2)cc1O. The molecular formula is C21H28N4O3. The summed E-state index contributed by atoms with van der Waals surface area (Å²) in [6.07, 6.45) is 3.19. The summed E-state index contributed by atoms with van der Waals surface area (Å²) in [6.45, 7) is 6.72. The van der Waals surface area contributed by atoms with Gasteiger partial charge in [-0.3, -0.25) is 5.41 Å². The number of benzene rings is 1. The Morgan fingerprint density at radius 3 is 2.64 bits per heavy atom. The predicted octanol–water partition coefficient (Wildman–Crippen LogP) is 3.54. The van der Waals surface area contributed by atoms with Crippen molar-refractivity contribution in [3.8, 4) is 11.5 Å². The Hall–Kier alpha value is -2.83. The van der Waals surface area contributed by atoms with E-state index in [1.807, 2.05) is 26.0 Å². The monoisotopic (exact) mass is 384 g/mol. The highest BCUT2D eigenvalue weighted by Crippen LogP contribution is 2.26. The van der Waals surface area contributed by atoms with Gasteiger partial charge >= 0.3 is 0 Å². The minimum absolute atomic E-state index is 0.00321. The van der Waals surface area contributed by atoms with Crippen LogP contribution in [-0.4, -0.2) is 47.5 Å². The van der Waals surface area contributed by atoms with Crippen molar-refractivity contribution in [3.63, 3.8) is 0 Å². The first-order valence-corrected chi connectivity index (χ1v) is 9.79. The fourth-order valence-corrected chi connectivity index (χ4v) is 3.37. The number of nitrogens with one attached hydrogen (secondary N) is 1. The van der Waals surface area contributed by atoms with E-state index >= 15 is 0 Å². The van der Waals surface area contributed by atoms with Gasteiger partial charge in [-0.05, 0) is 63.3 Å². The molecule has 2 heterocycles. The van der Waals surface area contributed by atoms with Gasteiger partial charge in [0.1, 0.15) is 11.5 Å². The van der Waals surface area contributed by atoms with Gasteiger partial charge in [0.25, 0.3) is 0 Å². The van der Waals surface area contributed by atoms with E-state index in [0.717, 1.165) is 43.9 Å². The van der Waals surface area contributed by atoms with Gasteiger partial charge in [0.15, 0.2) is 5.82 Å². The lowest BCUT2D eigenvalue weighted by atomic mass is 9.94. The second-order valence-electron chi connectivity index (χ2n) is 7.04. The van der Waals surface area contributed by atoms with Crippen LogP contribution < -0.4 is 9.64 Å². The summed E-state index contributed by atoms with van der Waals surface area (Å²) >= 11 is 0. The summed E-state index contributed by atoms with van der Waals surface area (Å²) in [4.78, 5) is 2.29. The van der Waals surface area contributed by atoms with E-state index in [1.54, 1.807) is 18.2 Å². The van der Waals surface area contributed by atoms with E-state index < -0.39 is 0 Å². The maximum atomic E-state index is 10.1.